The average molecular weight is 442 g/mol. The maximum atomic E-state index is 12.5. The molecule has 0 unspecified atom stereocenters. The zero-order valence-electron chi connectivity index (χ0n) is 16.4. The second-order valence-corrected chi connectivity index (χ2v) is 7.05. The number of hydrogen-bond donors (Lipinski definition) is 1. The molecule has 0 saturated carbocycles. The number of benzene rings is 1. The highest BCUT2D eigenvalue weighted by atomic mass is 35.5. The van der Waals surface area contributed by atoms with Crippen molar-refractivity contribution in [1.29, 1.82) is 0 Å². The first kappa shape index (κ1) is 22.8. The molecule has 1 aromatic heterocycles. The Bertz CT molecular complexity index is 937. The van der Waals surface area contributed by atoms with Crippen LogP contribution in [0.25, 0.3) is 0 Å². The van der Waals surface area contributed by atoms with Crippen LogP contribution in [0.3, 0.4) is 0 Å². The van der Waals surface area contributed by atoms with E-state index in [1.807, 2.05) is 0 Å². The molecule has 1 heterocycles. The normalized spacial score (nSPS) is 11.7. The molecule has 156 valence electrons. The van der Waals surface area contributed by atoms with E-state index >= 15 is 0 Å². The summed E-state index contributed by atoms with van der Waals surface area (Å²) >= 11 is 11.8. The Labute approximate surface area is 178 Å². The molecule has 2 rings (SSSR count). The summed E-state index contributed by atoms with van der Waals surface area (Å²) in [6.07, 6.45) is -0.997. The van der Waals surface area contributed by atoms with Gasteiger partial charge in [0.05, 0.1) is 22.9 Å². The first-order chi connectivity index (χ1) is 13.6. The highest BCUT2D eigenvalue weighted by Gasteiger charge is 2.25. The highest BCUT2D eigenvalue weighted by Crippen LogP contribution is 2.28. The summed E-state index contributed by atoms with van der Waals surface area (Å²) < 4.78 is 15.5. The Hall–Kier alpha value is -2.51. The van der Waals surface area contributed by atoms with Gasteiger partial charge in [-0.25, -0.2) is 9.59 Å². The lowest BCUT2D eigenvalue weighted by Crippen LogP contribution is -2.28. The fourth-order valence-electron chi connectivity index (χ4n) is 2.67. The Balaban J connectivity index is 2.00. The van der Waals surface area contributed by atoms with Gasteiger partial charge in [0.2, 0.25) is 5.78 Å². The topological polar surface area (TPSA) is 94.7 Å². The van der Waals surface area contributed by atoms with E-state index < -0.39 is 30.4 Å². The van der Waals surface area contributed by atoms with Gasteiger partial charge in [0, 0.05) is 10.7 Å². The standard InChI is InChI=1S/C20H21Cl2NO6/c1-5-27-20(26)17-10(2)18(23-11(17)3)15(24)9-28-19(25)12(4)29-16-7-6-13(21)8-14(16)22/h6-8,12,23H,5,9H2,1-4H3/t12-/m1/s1. The van der Waals surface area contributed by atoms with Crippen LogP contribution in [-0.4, -0.2) is 42.0 Å². The van der Waals surface area contributed by atoms with Gasteiger partial charge < -0.3 is 19.2 Å². The van der Waals surface area contributed by atoms with Crippen LogP contribution < -0.4 is 4.74 Å². The summed E-state index contributed by atoms with van der Waals surface area (Å²) in [4.78, 5) is 39.5. The first-order valence-electron chi connectivity index (χ1n) is 8.83. The third-order valence-electron chi connectivity index (χ3n) is 4.07. The zero-order chi connectivity index (χ0) is 21.7. The minimum absolute atomic E-state index is 0.188. The third-order valence-corrected chi connectivity index (χ3v) is 4.60. The summed E-state index contributed by atoms with van der Waals surface area (Å²) in [6, 6.07) is 4.58. The number of Topliss-reactive ketones (excluding diaryl/α,β-unsaturated/α-hetero) is 1. The van der Waals surface area contributed by atoms with E-state index in [-0.39, 0.29) is 23.1 Å². The van der Waals surface area contributed by atoms with Crippen LogP contribution in [0.15, 0.2) is 18.2 Å². The van der Waals surface area contributed by atoms with Crippen molar-refractivity contribution in [1.82, 2.24) is 4.98 Å². The number of aryl methyl sites for hydroxylation is 1. The van der Waals surface area contributed by atoms with E-state index in [1.54, 1.807) is 26.8 Å². The Kier molecular flexibility index (Phi) is 7.70. The molecular formula is C20H21Cl2NO6. The summed E-state index contributed by atoms with van der Waals surface area (Å²) in [6.45, 7) is 6.16. The molecule has 0 fully saturated rings. The number of hydrogen-bond acceptors (Lipinski definition) is 6. The molecule has 0 saturated heterocycles. The smallest absolute Gasteiger partial charge is 0.347 e. The third kappa shape index (κ3) is 5.52. The predicted octanol–water partition coefficient (Wildman–Crippen LogP) is 4.31. The first-order valence-corrected chi connectivity index (χ1v) is 9.59. The Morgan fingerprint density at radius 2 is 1.83 bits per heavy atom. The minimum atomic E-state index is -0.997. The van der Waals surface area contributed by atoms with E-state index in [0.717, 1.165) is 0 Å². The van der Waals surface area contributed by atoms with Gasteiger partial charge in [-0.1, -0.05) is 23.2 Å². The fourth-order valence-corrected chi connectivity index (χ4v) is 3.13. The molecule has 0 radical (unpaired) electrons. The number of carbonyl (C=O) groups excluding carboxylic acids is 3. The molecule has 7 nitrogen and oxygen atoms in total. The second-order valence-electron chi connectivity index (χ2n) is 6.21. The van der Waals surface area contributed by atoms with Crippen molar-refractivity contribution in [3.8, 4) is 5.75 Å². The van der Waals surface area contributed by atoms with Crippen LogP contribution in [0, 0.1) is 13.8 Å². The second kappa shape index (κ2) is 9.80. The van der Waals surface area contributed by atoms with Crippen molar-refractivity contribution < 1.29 is 28.6 Å². The van der Waals surface area contributed by atoms with Gasteiger partial charge in [-0.3, -0.25) is 4.79 Å². The fraction of sp³-hybridized carbons (Fsp3) is 0.350. The summed E-state index contributed by atoms with van der Waals surface area (Å²) in [7, 11) is 0. The maximum absolute atomic E-state index is 12.5. The predicted molar refractivity (Wildman–Crippen MR) is 108 cm³/mol. The largest absolute Gasteiger partial charge is 0.477 e. The van der Waals surface area contributed by atoms with Crippen LogP contribution in [0.5, 0.6) is 5.75 Å². The number of rotatable bonds is 8. The number of ketones is 1. The number of carbonyl (C=O) groups is 3. The molecule has 0 spiro atoms. The van der Waals surface area contributed by atoms with Gasteiger partial charge in [-0.05, 0) is 51.5 Å². The molecule has 29 heavy (non-hydrogen) atoms. The van der Waals surface area contributed by atoms with Crippen molar-refractivity contribution in [3.05, 3.63) is 50.8 Å². The van der Waals surface area contributed by atoms with Crippen LogP contribution in [0.2, 0.25) is 10.0 Å². The summed E-state index contributed by atoms with van der Waals surface area (Å²) in [5.41, 5.74) is 1.44. The molecule has 1 aromatic carbocycles. The molecule has 1 N–H and O–H groups in total. The maximum Gasteiger partial charge on any atom is 0.347 e. The van der Waals surface area contributed by atoms with Crippen LogP contribution in [0.1, 0.15) is 46.0 Å². The van der Waals surface area contributed by atoms with E-state index in [9.17, 15) is 14.4 Å². The lowest BCUT2D eigenvalue weighted by atomic mass is 10.1. The van der Waals surface area contributed by atoms with E-state index in [2.05, 4.69) is 4.98 Å². The molecule has 0 amide bonds. The zero-order valence-corrected chi connectivity index (χ0v) is 17.9. The van der Waals surface area contributed by atoms with Gasteiger partial charge in [-0.15, -0.1) is 0 Å². The van der Waals surface area contributed by atoms with E-state index in [4.69, 9.17) is 37.4 Å². The molecule has 2 aromatic rings. The van der Waals surface area contributed by atoms with Gasteiger partial charge in [-0.2, -0.15) is 0 Å². The van der Waals surface area contributed by atoms with Crippen LogP contribution >= 0.6 is 23.2 Å². The lowest BCUT2D eigenvalue weighted by molar-refractivity contribution is -0.149. The van der Waals surface area contributed by atoms with E-state index in [0.29, 0.717) is 21.8 Å². The van der Waals surface area contributed by atoms with Crippen LogP contribution in [-0.2, 0) is 14.3 Å². The highest BCUT2D eigenvalue weighted by molar-refractivity contribution is 6.35. The van der Waals surface area contributed by atoms with Crippen molar-refractivity contribution in [3.63, 3.8) is 0 Å². The van der Waals surface area contributed by atoms with Crippen LogP contribution in [0.4, 0.5) is 0 Å². The molecule has 0 bridgehead atoms. The molecule has 9 heteroatoms. The molecule has 0 aliphatic rings. The van der Waals surface area contributed by atoms with Crippen molar-refractivity contribution in [2.75, 3.05) is 13.2 Å². The summed E-state index contributed by atoms with van der Waals surface area (Å²) in [5, 5.41) is 0.680. The van der Waals surface area contributed by atoms with Gasteiger partial charge in [0.1, 0.15) is 5.75 Å². The van der Waals surface area contributed by atoms with Gasteiger partial charge in [0.25, 0.3) is 0 Å². The van der Waals surface area contributed by atoms with Gasteiger partial charge in [0.15, 0.2) is 12.7 Å². The van der Waals surface area contributed by atoms with E-state index in [1.165, 1.54) is 19.1 Å². The summed E-state index contributed by atoms with van der Waals surface area (Å²) in [5.74, 6) is -1.47. The Morgan fingerprint density at radius 1 is 1.14 bits per heavy atom. The lowest BCUT2D eigenvalue weighted by Gasteiger charge is -2.14. The number of ether oxygens (including phenoxy) is 3. The number of H-pyrrole nitrogens is 1. The van der Waals surface area contributed by atoms with Crippen molar-refractivity contribution in [2.24, 2.45) is 0 Å². The number of nitrogens with one attached hydrogen (secondary N) is 1. The molecule has 0 aliphatic carbocycles. The number of aromatic nitrogens is 1. The Morgan fingerprint density at radius 3 is 2.45 bits per heavy atom. The molecule has 0 aliphatic heterocycles. The molecular weight excluding hydrogens is 421 g/mol. The number of esters is 2. The quantitative estimate of drug-likeness (QED) is 0.484. The minimum Gasteiger partial charge on any atom is -0.477 e. The SMILES string of the molecule is CCOC(=O)c1c(C)[nH]c(C(=O)COC(=O)[C@@H](C)Oc2ccc(Cl)cc2Cl)c1C. The molecule has 1 atom stereocenters. The monoisotopic (exact) mass is 441 g/mol. The number of aromatic amines is 1. The van der Waals surface area contributed by atoms with Gasteiger partial charge >= 0.3 is 11.9 Å². The average Bonchev–Trinajstić information content (AvgIpc) is 2.96. The van der Waals surface area contributed by atoms with Crippen molar-refractivity contribution >= 4 is 40.9 Å². The number of halogens is 2. The van der Waals surface area contributed by atoms with Crippen molar-refractivity contribution in [2.45, 2.75) is 33.8 Å².